The van der Waals surface area contributed by atoms with E-state index in [0.717, 1.165) is 5.56 Å². The first-order valence-corrected chi connectivity index (χ1v) is 5.62. The van der Waals surface area contributed by atoms with E-state index >= 15 is 0 Å². The lowest BCUT2D eigenvalue weighted by Gasteiger charge is -2.10. The Morgan fingerprint density at radius 2 is 2.00 bits per heavy atom. The summed E-state index contributed by atoms with van der Waals surface area (Å²) in [5.41, 5.74) is 1.14. The van der Waals surface area contributed by atoms with Crippen LogP contribution in [0.15, 0.2) is 36.5 Å². The molecule has 0 aliphatic heterocycles. The Hall–Kier alpha value is -2.56. The molecule has 1 heterocycles. The monoisotopic (exact) mass is 259 g/mol. The average Bonchev–Trinajstić information content (AvgIpc) is 2.41. The van der Waals surface area contributed by atoms with Crippen molar-refractivity contribution in [2.45, 2.75) is 6.92 Å². The van der Waals surface area contributed by atoms with Crippen LogP contribution in [-0.4, -0.2) is 23.2 Å². The number of methoxy groups -OCH3 is 1. The van der Waals surface area contributed by atoms with Crippen LogP contribution in [0.25, 0.3) is 0 Å². The summed E-state index contributed by atoms with van der Waals surface area (Å²) in [6.45, 7) is 1.92. The Bertz CT molecular complexity index is 593. The first kappa shape index (κ1) is 12.9. The second-order valence-corrected chi connectivity index (χ2v) is 3.95. The third-order valence-electron chi connectivity index (χ3n) is 2.51. The van der Waals surface area contributed by atoms with Crippen molar-refractivity contribution in [1.82, 2.24) is 4.98 Å². The topological polar surface area (TPSA) is 68.7 Å². The number of benzene rings is 1. The minimum absolute atomic E-state index is 0.128. The Kier molecular flexibility index (Phi) is 3.66. The molecule has 1 aromatic carbocycles. The lowest BCUT2D eigenvalue weighted by Crippen LogP contribution is -1.98. The van der Waals surface area contributed by atoms with E-state index in [9.17, 15) is 4.79 Å². The number of carboxylic acid groups (broad SMARTS) is 1. The highest BCUT2D eigenvalue weighted by molar-refractivity contribution is 5.88. The number of hydrogen-bond donors (Lipinski definition) is 1. The van der Waals surface area contributed by atoms with Gasteiger partial charge < -0.3 is 14.6 Å². The van der Waals surface area contributed by atoms with Crippen molar-refractivity contribution in [3.05, 3.63) is 47.7 Å². The van der Waals surface area contributed by atoms with Gasteiger partial charge in [-0.1, -0.05) is 6.07 Å². The molecule has 0 atom stereocenters. The molecule has 0 aliphatic rings. The second kappa shape index (κ2) is 5.39. The Balaban J connectivity index is 2.34. The van der Waals surface area contributed by atoms with Gasteiger partial charge in [-0.15, -0.1) is 0 Å². The summed E-state index contributed by atoms with van der Waals surface area (Å²) in [5.74, 6) is 0.127. The number of hydrogen-bond acceptors (Lipinski definition) is 4. The van der Waals surface area contributed by atoms with Gasteiger partial charge in [0, 0.05) is 12.3 Å². The highest BCUT2D eigenvalue weighted by Gasteiger charge is 2.11. The fourth-order valence-electron chi connectivity index (χ4n) is 1.52. The van der Waals surface area contributed by atoms with Crippen molar-refractivity contribution in [3.8, 4) is 17.4 Å². The van der Waals surface area contributed by atoms with Crippen molar-refractivity contribution in [1.29, 1.82) is 0 Å². The number of aryl methyl sites for hydroxylation is 1. The van der Waals surface area contributed by atoms with Gasteiger partial charge in [-0.25, -0.2) is 9.78 Å². The van der Waals surface area contributed by atoms with Crippen LogP contribution in [0.2, 0.25) is 0 Å². The van der Waals surface area contributed by atoms with E-state index in [4.69, 9.17) is 14.6 Å². The summed E-state index contributed by atoms with van der Waals surface area (Å²) in [4.78, 5) is 15.0. The van der Waals surface area contributed by atoms with E-state index in [2.05, 4.69) is 4.98 Å². The molecule has 5 nitrogen and oxygen atoms in total. The third-order valence-corrected chi connectivity index (χ3v) is 2.51. The Morgan fingerprint density at radius 3 is 2.58 bits per heavy atom. The Labute approximate surface area is 110 Å². The minimum Gasteiger partial charge on any atom is -0.493 e. The van der Waals surface area contributed by atoms with Crippen LogP contribution in [0.1, 0.15) is 15.9 Å². The van der Waals surface area contributed by atoms with Crippen LogP contribution >= 0.6 is 0 Å². The number of aromatic carboxylic acids is 1. The van der Waals surface area contributed by atoms with Gasteiger partial charge in [0.2, 0.25) is 5.88 Å². The molecule has 98 valence electrons. The molecule has 1 N–H and O–H groups in total. The van der Waals surface area contributed by atoms with Gasteiger partial charge >= 0.3 is 5.97 Å². The number of nitrogens with zero attached hydrogens (tertiary/aromatic N) is 1. The zero-order chi connectivity index (χ0) is 13.8. The maximum Gasteiger partial charge on any atom is 0.335 e. The zero-order valence-electron chi connectivity index (χ0n) is 10.6. The summed E-state index contributed by atoms with van der Waals surface area (Å²) in [6.07, 6.45) is 1.67. The number of carbonyl (C=O) groups is 1. The highest BCUT2D eigenvalue weighted by Crippen LogP contribution is 2.31. The minimum atomic E-state index is -1.02. The molecule has 19 heavy (non-hydrogen) atoms. The van der Waals surface area contributed by atoms with Crippen LogP contribution in [0.3, 0.4) is 0 Å². The SMILES string of the molecule is COc1ccc(C(=O)O)cc1Oc1ccc(C)cn1. The van der Waals surface area contributed by atoms with Crippen molar-refractivity contribution in [2.75, 3.05) is 7.11 Å². The van der Waals surface area contributed by atoms with E-state index in [0.29, 0.717) is 17.4 Å². The predicted octanol–water partition coefficient (Wildman–Crippen LogP) is 2.89. The fourth-order valence-corrected chi connectivity index (χ4v) is 1.52. The Morgan fingerprint density at radius 1 is 1.21 bits per heavy atom. The zero-order valence-corrected chi connectivity index (χ0v) is 10.6. The summed E-state index contributed by atoms with van der Waals surface area (Å²) in [6, 6.07) is 7.98. The van der Waals surface area contributed by atoms with E-state index in [-0.39, 0.29) is 5.56 Å². The lowest BCUT2D eigenvalue weighted by atomic mass is 10.2. The molecular weight excluding hydrogens is 246 g/mol. The van der Waals surface area contributed by atoms with E-state index in [1.54, 1.807) is 18.3 Å². The largest absolute Gasteiger partial charge is 0.493 e. The van der Waals surface area contributed by atoms with E-state index < -0.39 is 5.97 Å². The van der Waals surface area contributed by atoms with Crippen LogP contribution in [0, 0.1) is 6.92 Å². The van der Waals surface area contributed by atoms with Crippen molar-refractivity contribution in [2.24, 2.45) is 0 Å². The van der Waals surface area contributed by atoms with Crippen LogP contribution in [-0.2, 0) is 0 Å². The van der Waals surface area contributed by atoms with Gasteiger partial charge in [-0.05, 0) is 30.7 Å². The number of carboxylic acids is 1. The third kappa shape index (κ3) is 3.01. The number of pyridine rings is 1. The maximum atomic E-state index is 10.9. The summed E-state index contributed by atoms with van der Waals surface area (Å²) < 4.78 is 10.7. The molecule has 0 saturated heterocycles. The maximum absolute atomic E-state index is 10.9. The normalized spacial score (nSPS) is 10.0. The quantitative estimate of drug-likeness (QED) is 0.914. The van der Waals surface area contributed by atoms with Gasteiger partial charge in [-0.2, -0.15) is 0 Å². The molecule has 0 fully saturated rings. The van der Waals surface area contributed by atoms with Gasteiger partial charge in [-0.3, -0.25) is 0 Å². The van der Waals surface area contributed by atoms with Crippen molar-refractivity contribution < 1.29 is 19.4 Å². The molecule has 0 aliphatic carbocycles. The molecule has 0 spiro atoms. The fraction of sp³-hybridized carbons (Fsp3) is 0.143. The molecule has 0 bridgehead atoms. The molecule has 5 heteroatoms. The summed E-state index contributed by atoms with van der Waals surface area (Å²) in [7, 11) is 1.49. The highest BCUT2D eigenvalue weighted by atomic mass is 16.5. The number of aromatic nitrogens is 1. The van der Waals surface area contributed by atoms with Crippen LogP contribution in [0.5, 0.6) is 17.4 Å². The van der Waals surface area contributed by atoms with Crippen LogP contribution in [0.4, 0.5) is 0 Å². The lowest BCUT2D eigenvalue weighted by molar-refractivity contribution is 0.0696. The summed E-state index contributed by atoms with van der Waals surface area (Å²) in [5, 5.41) is 8.96. The molecule has 2 aromatic rings. The number of ether oxygens (including phenoxy) is 2. The standard InChI is InChI=1S/C14H13NO4/c1-9-3-6-13(15-8-9)19-12-7-10(14(16)17)4-5-11(12)18-2/h3-8H,1-2H3,(H,16,17). The molecule has 0 saturated carbocycles. The predicted molar refractivity (Wildman–Crippen MR) is 69.0 cm³/mol. The molecule has 2 rings (SSSR count). The van der Waals surface area contributed by atoms with Crippen molar-refractivity contribution >= 4 is 5.97 Å². The number of rotatable bonds is 4. The van der Waals surface area contributed by atoms with Crippen molar-refractivity contribution in [3.63, 3.8) is 0 Å². The van der Waals surface area contributed by atoms with Gasteiger partial charge in [0.05, 0.1) is 12.7 Å². The molecule has 0 radical (unpaired) electrons. The molecule has 0 unspecified atom stereocenters. The smallest absolute Gasteiger partial charge is 0.335 e. The van der Waals surface area contributed by atoms with E-state index in [1.807, 2.05) is 13.0 Å². The van der Waals surface area contributed by atoms with Crippen LogP contribution < -0.4 is 9.47 Å². The van der Waals surface area contributed by atoms with E-state index in [1.165, 1.54) is 19.2 Å². The molecule has 1 aromatic heterocycles. The second-order valence-electron chi connectivity index (χ2n) is 3.95. The first-order chi connectivity index (χ1) is 9.10. The average molecular weight is 259 g/mol. The first-order valence-electron chi connectivity index (χ1n) is 5.62. The van der Waals surface area contributed by atoms with Gasteiger partial charge in [0.1, 0.15) is 0 Å². The summed E-state index contributed by atoms with van der Waals surface area (Å²) >= 11 is 0. The molecular formula is C14H13NO4. The molecule has 0 amide bonds. The van der Waals surface area contributed by atoms with Gasteiger partial charge in [0.25, 0.3) is 0 Å². The van der Waals surface area contributed by atoms with Gasteiger partial charge in [0.15, 0.2) is 11.5 Å².